The van der Waals surface area contributed by atoms with E-state index in [-0.39, 0.29) is 18.3 Å². The number of benzene rings is 3. The van der Waals surface area contributed by atoms with E-state index >= 15 is 0 Å². The zero-order valence-electron chi connectivity index (χ0n) is 15.4. The number of carbonyl (C=O) groups is 1. The molecule has 29 heavy (non-hydrogen) atoms. The van der Waals surface area contributed by atoms with Gasteiger partial charge in [0.05, 0.1) is 5.41 Å². The molecule has 0 heterocycles. The molecule has 5 nitrogen and oxygen atoms in total. The zero-order valence-corrected chi connectivity index (χ0v) is 16.2. The molecule has 3 aromatic rings. The van der Waals surface area contributed by atoms with Crippen LogP contribution in [0.25, 0.3) is 6.08 Å². The summed E-state index contributed by atoms with van der Waals surface area (Å²) in [5.74, 6) is -0.649. The Balaban J connectivity index is 1.58. The number of amides is 1. The van der Waals surface area contributed by atoms with Crippen LogP contribution in [0.4, 0.5) is 10.1 Å². The number of anilines is 1. The zero-order chi connectivity index (χ0) is 20.7. The van der Waals surface area contributed by atoms with E-state index in [4.69, 9.17) is 0 Å². The molecule has 148 valence electrons. The molecule has 7 heteroatoms. The number of carbonyl (C=O) groups excluding carboxylic acids is 1. The molecule has 0 fully saturated rings. The van der Waals surface area contributed by atoms with E-state index in [1.165, 1.54) is 42.5 Å². The summed E-state index contributed by atoms with van der Waals surface area (Å²) in [5.41, 5.74) is 2.27. The van der Waals surface area contributed by atoms with Crippen LogP contribution in [0.2, 0.25) is 0 Å². The smallest absolute Gasteiger partial charge is 0.255 e. The van der Waals surface area contributed by atoms with Crippen LogP contribution < -0.4 is 10.0 Å². The first-order valence-electron chi connectivity index (χ1n) is 8.80. The number of sulfonamides is 1. The van der Waals surface area contributed by atoms with Crippen molar-refractivity contribution in [2.75, 3.05) is 4.72 Å². The number of halogens is 1. The summed E-state index contributed by atoms with van der Waals surface area (Å²) < 4.78 is 39.7. The van der Waals surface area contributed by atoms with Gasteiger partial charge < -0.3 is 5.32 Å². The van der Waals surface area contributed by atoms with Gasteiger partial charge in [0, 0.05) is 17.8 Å². The molecule has 0 saturated heterocycles. The van der Waals surface area contributed by atoms with Crippen LogP contribution >= 0.6 is 0 Å². The minimum atomic E-state index is -3.68. The van der Waals surface area contributed by atoms with Gasteiger partial charge in [-0.25, -0.2) is 12.8 Å². The number of rotatable bonds is 7. The van der Waals surface area contributed by atoms with Crippen LogP contribution in [0.3, 0.4) is 0 Å². The number of nitrogens with one attached hydrogen (secondary N) is 2. The van der Waals surface area contributed by atoms with Crippen LogP contribution in [0.15, 0.2) is 84.3 Å². The SMILES string of the molecule is O=C(NCc1ccc(F)cc1)c1ccc(NS(=O)(=O)C=Cc2ccccc2)cc1. The van der Waals surface area contributed by atoms with Crippen molar-refractivity contribution in [1.29, 1.82) is 0 Å². The fourth-order valence-electron chi connectivity index (χ4n) is 2.51. The first kappa shape index (κ1) is 20.3. The van der Waals surface area contributed by atoms with Crippen LogP contribution in [0, 0.1) is 5.82 Å². The highest BCUT2D eigenvalue weighted by Crippen LogP contribution is 2.13. The second kappa shape index (κ2) is 9.16. The monoisotopic (exact) mass is 410 g/mol. The molecule has 3 aromatic carbocycles. The first-order chi connectivity index (χ1) is 13.9. The van der Waals surface area contributed by atoms with Crippen molar-refractivity contribution in [3.8, 4) is 0 Å². The molecule has 0 bridgehead atoms. The van der Waals surface area contributed by atoms with E-state index in [1.54, 1.807) is 24.3 Å². The van der Waals surface area contributed by atoms with Gasteiger partial charge in [0.1, 0.15) is 5.82 Å². The van der Waals surface area contributed by atoms with E-state index < -0.39 is 10.0 Å². The number of hydrogen-bond donors (Lipinski definition) is 2. The van der Waals surface area contributed by atoms with Gasteiger partial charge in [0.15, 0.2) is 0 Å². The van der Waals surface area contributed by atoms with Crippen LogP contribution in [0.1, 0.15) is 21.5 Å². The fourth-order valence-corrected chi connectivity index (χ4v) is 3.38. The van der Waals surface area contributed by atoms with Crippen LogP contribution in [0.5, 0.6) is 0 Å². The summed E-state index contributed by atoms with van der Waals surface area (Å²) in [4.78, 5) is 12.2. The van der Waals surface area contributed by atoms with Crippen molar-refractivity contribution in [1.82, 2.24) is 5.32 Å². The van der Waals surface area contributed by atoms with Gasteiger partial charge in [-0.05, 0) is 53.6 Å². The summed E-state index contributed by atoms with van der Waals surface area (Å²) in [6.07, 6.45) is 1.50. The maximum atomic E-state index is 12.9. The second-order valence-electron chi connectivity index (χ2n) is 6.25. The Hall–Kier alpha value is -3.45. The molecule has 0 aliphatic heterocycles. The highest BCUT2D eigenvalue weighted by atomic mass is 32.2. The third-order valence-corrected chi connectivity index (χ3v) is 5.03. The molecule has 0 unspecified atom stereocenters. The van der Waals surface area contributed by atoms with E-state index in [9.17, 15) is 17.6 Å². The summed E-state index contributed by atoms with van der Waals surface area (Å²) in [6, 6.07) is 21.0. The lowest BCUT2D eigenvalue weighted by Crippen LogP contribution is -2.22. The molecule has 0 saturated carbocycles. The molecule has 0 aliphatic carbocycles. The maximum absolute atomic E-state index is 12.9. The van der Waals surface area contributed by atoms with Gasteiger partial charge in [0.25, 0.3) is 15.9 Å². The average molecular weight is 410 g/mol. The molecule has 0 spiro atoms. The highest BCUT2D eigenvalue weighted by Gasteiger charge is 2.08. The lowest BCUT2D eigenvalue weighted by Gasteiger charge is -2.08. The van der Waals surface area contributed by atoms with Gasteiger partial charge in [-0.3, -0.25) is 9.52 Å². The standard InChI is InChI=1S/C22H19FN2O3S/c23-20-10-6-18(7-11-20)16-24-22(26)19-8-12-21(13-9-19)25-29(27,28)15-14-17-4-2-1-3-5-17/h1-15,25H,16H2,(H,24,26). The molecule has 2 N–H and O–H groups in total. The molecular formula is C22H19FN2O3S. The molecule has 0 radical (unpaired) electrons. The summed E-state index contributed by atoms with van der Waals surface area (Å²) >= 11 is 0. The molecular weight excluding hydrogens is 391 g/mol. The van der Waals surface area contributed by atoms with Crippen molar-refractivity contribution in [2.45, 2.75) is 6.54 Å². The predicted molar refractivity (Wildman–Crippen MR) is 112 cm³/mol. The Morgan fingerprint density at radius 1 is 0.897 bits per heavy atom. The van der Waals surface area contributed by atoms with Crippen LogP contribution in [-0.4, -0.2) is 14.3 Å². The largest absolute Gasteiger partial charge is 0.348 e. The lowest BCUT2D eigenvalue weighted by atomic mass is 10.2. The van der Waals surface area contributed by atoms with Crippen molar-refractivity contribution in [3.63, 3.8) is 0 Å². The Morgan fingerprint density at radius 3 is 2.21 bits per heavy atom. The van der Waals surface area contributed by atoms with Crippen LogP contribution in [-0.2, 0) is 16.6 Å². The number of hydrogen-bond acceptors (Lipinski definition) is 3. The summed E-state index contributed by atoms with van der Waals surface area (Å²) in [6.45, 7) is 0.262. The van der Waals surface area contributed by atoms with Gasteiger partial charge in [-0.1, -0.05) is 42.5 Å². The fraction of sp³-hybridized carbons (Fsp3) is 0.0455. The van der Waals surface area contributed by atoms with E-state index in [0.29, 0.717) is 11.3 Å². The topological polar surface area (TPSA) is 75.3 Å². The molecule has 0 aromatic heterocycles. The Bertz CT molecular complexity index is 1100. The van der Waals surface area contributed by atoms with Crippen molar-refractivity contribution < 1.29 is 17.6 Å². The Labute approximate surface area is 169 Å². The van der Waals surface area contributed by atoms with Crippen molar-refractivity contribution in [3.05, 3.63) is 107 Å². The summed E-state index contributed by atoms with van der Waals surface area (Å²) in [5, 5.41) is 3.82. The average Bonchev–Trinajstić information content (AvgIpc) is 2.73. The van der Waals surface area contributed by atoms with E-state index in [2.05, 4.69) is 10.0 Å². The third kappa shape index (κ3) is 6.29. The van der Waals surface area contributed by atoms with Gasteiger partial charge in [0.2, 0.25) is 0 Å². The first-order valence-corrected chi connectivity index (χ1v) is 10.3. The molecule has 0 aliphatic rings. The van der Waals surface area contributed by atoms with Gasteiger partial charge in [-0.15, -0.1) is 0 Å². The van der Waals surface area contributed by atoms with E-state index in [0.717, 1.165) is 16.5 Å². The van der Waals surface area contributed by atoms with E-state index in [1.807, 2.05) is 18.2 Å². The predicted octanol–water partition coefficient (Wildman–Crippen LogP) is 4.17. The summed E-state index contributed by atoms with van der Waals surface area (Å²) in [7, 11) is -3.68. The molecule has 1 amide bonds. The normalized spacial score (nSPS) is 11.3. The Morgan fingerprint density at radius 2 is 1.55 bits per heavy atom. The molecule has 0 atom stereocenters. The minimum Gasteiger partial charge on any atom is -0.348 e. The molecule has 3 rings (SSSR count). The van der Waals surface area contributed by atoms with Gasteiger partial charge >= 0.3 is 0 Å². The highest BCUT2D eigenvalue weighted by molar-refractivity contribution is 7.95. The third-order valence-electron chi connectivity index (χ3n) is 4.01. The lowest BCUT2D eigenvalue weighted by molar-refractivity contribution is 0.0951. The quantitative estimate of drug-likeness (QED) is 0.614. The van der Waals surface area contributed by atoms with Gasteiger partial charge in [-0.2, -0.15) is 0 Å². The second-order valence-corrected chi connectivity index (χ2v) is 7.81. The van der Waals surface area contributed by atoms with Crippen molar-refractivity contribution in [2.24, 2.45) is 0 Å². The Kier molecular flexibility index (Phi) is 6.41. The van der Waals surface area contributed by atoms with Crippen molar-refractivity contribution >= 4 is 27.7 Å². The maximum Gasteiger partial charge on any atom is 0.255 e. The minimum absolute atomic E-state index is 0.262.